The van der Waals surface area contributed by atoms with Crippen LogP contribution in [-0.4, -0.2) is 27.6 Å². The molecule has 1 saturated carbocycles. The van der Waals surface area contributed by atoms with Crippen molar-refractivity contribution in [1.29, 1.82) is 0 Å². The highest BCUT2D eigenvalue weighted by atomic mass is 32.1. The third-order valence-corrected chi connectivity index (χ3v) is 4.34. The van der Waals surface area contributed by atoms with Gasteiger partial charge in [-0.05, 0) is 24.7 Å². The van der Waals surface area contributed by atoms with Crippen molar-refractivity contribution in [3.63, 3.8) is 0 Å². The summed E-state index contributed by atoms with van der Waals surface area (Å²) in [5, 5.41) is 13.3. The molecular weight excluding hydrogens is 258 g/mol. The van der Waals surface area contributed by atoms with Crippen molar-refractivity contribution in [2.24, 2.45) is 5.41 Å². The molecule has 0 amide bonds. The van der Waals surface area contributed by atoms with Gasteiger partial charge in [0.2, 0.25) is 5.13 Å². The molecule has 3 rings (SSSR count). The van der Waals surface area contributed by atoms with Crippen molar-refractivity contribution >= 4 is 16.7 Å². The second-order valence-electron chi connectivity index (χ2n) is 5.12. The van der Waals surface area contributed by atoms with Crippen molar-refractivity contribution in [2.75, 3.05) is 18.5 Å². The molecule has 0 radical (unpaired) electrons. The van der Waals surface area contributed by atoms with E-state index in [2.05, 4.69) is 14.7 Å². The van der Waals surface area contributed by atoms with Crippen LogP contribution in [0.25, 0.3) is 11.4 Å². The minimum absolute atomic E-state index is 0.271. The SMILES string of the molecule is OCCC1(CNc2nc(-c3ccccc3)ns2)CC1. The molecular formula is C14H17N3OS. The van der Waals surface area contributed by atoms with Crippen LogP contribution in [0.1, 0.15) is 19.3 Å². The third kappa shape index (κ3) is 2.93. The fourth-order valence-corrected chi connectivity index (χ4v) is 2.78. The van der Waals surface area contributed by atoms with Gasteiger partial charge in [0.15, 0.2) is 5.82 Å². The molecule has 0 aliphatic heterocycles. The van der Waals surface area contributed by atoms with Crippen molar-refractivity contribution in [3.05, 3.63) is 30.3 Å². The van der Waals surface area contributed by atoms with Crippen LogP contribution in [0.4, 0.5) is 5.13 Å². The van der Waals surface area contributed by atoms with Crippen molar-refractivity contribution < 1.29 is 5.11 Å². The maximum Gasteiger partial charge on any atom is 0.202 e. The Morgan fingerprint density at radius 1 is 1.26 bits per heavy atom. The van der Waals surface area contributed by atoms with E-state index in [9.17, 15) is 0 Å². The normalized spacial score (nSPS) is 16.3. The number of benzene rings is 1. The molecule has 1 aliphatic carbocycles. The zero-order valence-corrected chi connectivity index (χ0v) is 11.5. The summed E-state index contributed by atoms with van der Waals surface area (Å²) < 4.78 is 4.37. The number of aliphatic hydroxyl groups is 1. The van der Waals surface area contributed by atoms with Crippen molar-refractivity contribution in [3.8, 4) is 11.4 Å². The molecule has 1 heterocycles. The molecule has 1 aromatic heterocycles. The molecule has 1 fully saturated rings. The fraction of sp³-hybridized carbons (Fsp3) is 0.429. The van der Waals surface area contributed by atoms with Crippen LogP contribution >= 0.6 is 11.5 Å². The summed E-state index contributed by atoms with van der Waals surface area (Å²) in [6, 6.07) is 9.99. The summed E-state index contributed by atoms with van der Waals surface area (Å²) in [7, 11) is 0. The third-order valence-electron chi connectivity index (χ3n) is 3.67. The highest BCUT2D eigenvalue weighted by molar-refractivity contribution is 7.09. The smallest absolute Gasteiger partial charge is 0.202 e. The Labute approximate surface area is 116 Å². The lowest BCUT2D eigenvalue weighted by Gasteiger charge is -2.13. The maximum atomic E-state index is 9.04. The van der Waals surface area contributed by atoms with Crippen LogP contribution in [-0.2, 0) is 0 Å². The van der Waals surface area contributed by atoms with E-state index >= 15 is 0 Å². The van der Waals surface area contributed by atoms with Gasteiger partial charge in [-0.2, -0.15) is 9.36 Å². The fourth-order valence-electron chi connectivity index (χ4n) is 2.19. The van der Waals surface area contributed by atoms with Gasteiger partial charge in [0, 0.05) is 30.2 Å². The predicted octanol–water partition coefficient (Wildman–Crippen LogP) is 2.78. The summed E-state index contributed by atoms with van der Waals surface area (Å²) in [4.78, 5) is 4.51. The lowest BCUT2D eigenvalue weighted by molar-refractivity contribution is 0.253. The lowest BCUT2D eigenvalue weighted by Crippen LogP contribution is -2.16. The van der Waals surface area contributed by atoms with E-state index < -0.39 is 0 Å². The van der Waals surface area contributed by atoms with Crippen molar-refractivity contribution in [1.82, 2.24) is 9.36 Å². The van der Waals surface area contributed by atoms with Gasteiger partial charge in [0.05, 0.1) is 0 Å². The number of nitrogens with one attached hydrogen (secondary N) is 1. The Balaban J connectivity index is 1.63. The Hall–Kier alpha value is -1.46. The van der Waals surface area contributed by atoms with Gasteiger partial charge in [-0.25, -0.2) is 0 Å². The second kappa shape index (κ2) is 5.27. The summed E-state index contributed by atoms with van der Waals surface area (Å²) in [6.07, 6.45) is 3.28. The van der Waals surface area contributed by atoms with Gasteiger partial charge in [0.25, 0.3) is 0 Å². The zero-order valence-electron chi connectivity index (χ0n) is 10.7. The van der Waals surface area contributed by atoms with Crippen LogP contribution in [0.15, 0.2) is 30.3 Å². The van der Waals surface area contributed by atoms with E-state index in [1.807, 2.05) is 30.3 Å². The zero-order chi connectivity index (χ0) is 13.1. The average molecular weight is 275 g/mol. The molecule has 0 atom stereocenters. The second-order valence-corrected chi connectivity index (χ2v) is 5.87. The summed E-state index contributed by atoms with van der Waals surface area (Å²) in [6.45, 7) is 1.16. The first-order chi connectivity index (χ1) is 9.31. The summed E-state index contributed by atoms with van der Waals surface area (Å²) in [5.74, 6) is 0.778. The molecule has 0 saturated heterocycles. The lowest BCUT2D eigenvalue weighted by atomic mass is 10.0. The first-order valence-electron chi connectivity index (χ1n) is 6.55. The monoisotopic (exact) mass is 275 g/mol. The van der Waals surface area contributed by atoms with E-state index in [0.717, 1.165) is 29.5 Å². The number of hydrogen-bond donors (Lipinski definition) is 2. The number of rotatable bonds is 6. The van der Waals surface area contributed by atoms with E-state index in [-0.39, 0.29) is 6.61 Å². The molecule has 4 nitrogen and oxygen atoms in total. The summed E-state index contributed by atoms with van der Waals surface area (Å²) >= 11 is 1.40. The molecule has 100 valence electrons. The van der Waals surface area contributed by atoms with E-state index in [0.29, 0.717) is 5.41 Å². The number of anilines is 1. The topological polar surface area (TPSA) is 58.0 Å². The van der Waals surface area contributed by atoms with E-state index in [1.54, 1.807) is 0 Å². The first kappa shape index (κ1) is 12.6. The summed E-state index contributed by atoms with van der Waals surface area (Å²) in [5.41, 5.74) is 1.34. The quantitative estimate of drug-likeness (QED) is 0.851. The van der Waals surface area contributed by atoms with Crippen LogP contribution in [0.2, 0.25) is 0 Å². The van der Waals surface area contributed by atoms with Gasteiger partial charge in [-0.15, -0.1) is 0 Å². The minimum Gasteiger partial charge on any atom is -0.396 e. The molecule has 1 aliphatic rings. The van der Waals surface area contributed by atoms with Gasteiger partial charge in [0.1, 0.15) is 0 Å². The molecule has 1 aromatic carbocycles. The highest BCUT2D eigenvalue weighted by Crippen LogP contribution is 2.48. The Bertz CT molecular complexity index is 537. The van der Waals surface area contributed by atoms with Crippen molar-refractivity contribution in [2.45, 2.75) is 19.3 Å². The Kier molecular flexibility index (Phi) is 3.48. The van der Waals surface area contributed by atoms with E-state index in [4.69, 9.17) is 5.11 Å². The maximum absolute atomic E-state index is 9.04. The standard InChI is InChI=1S/C14H17N3OS/c18-9-8-14(6-7-14)10-15-13-16-12(17-19-13)11-4-2-1-3-5-11/h1-5,18H,6-10H2,(H,15,16,17). The first-order valence-corrected chi connectivity index (χ1v) is 7.33. The molecule has 5 heteroatoms. The van der Waals surface area contributed by atoms with Gasteiger partial charge < -0.3 is 10.4 Å². The molecule has 19 heavy (non-hydrogen) atoms. The molecule has 0 unspecified atom stereocenters. The Morgan fingerprint density at radius 3 is 2.74 bits per heavy atom. The van der Waals surface area contributed by atoms with Crippen LogP contribution in [0.5, 0.6) is 0 Å². The average Bonchev–Trinajstić information content (AvgIpc) is 3.05. The largest absolute Gasteiger partial charge is 0.396 e. The number of hydrogen-bond acceptors (Lipinski definition) is 5. The molecule has 0 bridgehead atoms. The van der Waals surface area contributed by atoms with Gasteiger partial charge in [-0.3, -0.25) is 0 Å². The van der Waals surface area contributed by atoms with Crippen LogP contribution < -0.4 is 5.32 Å². The molecule has 0 spiro atoms. The Morgan fingerprint density at radius 2 is 2.05 bits per heavy atom. The van der Waals surface area contributed by atoms with Gasteiger partial charge in [-0.1, -0.05) is 30.3 Å². The highest BCUT2D eigenvalue weighted by Gasteiger charge is 2.41. The van der Waals surface area contributed by atoms with E-state index in [1.165, 1.54) is 24.4 Å². The van der Waals surface area contributed by atoms with Crippen LogP contribution in [0.3, 0.4) is 0 Å². The van der Waals surface area contributed by atoms with Gasteiger partial charge >= 0.3 is 0 Å². The van der Waals surface area contributed by atoms with Crippen LogP contribution in [0, 0.1) is 5.41 Å². The molecule has 2 aromatic rings. The molecule has 2 N–H and O–H groups in total. The minimum atomic E-state index is 0.271. The predicted molar refractivity (Wildman–Crippen MR) is 77.2 cm³/mol. The number of aliphatic hydroxyl groups excluding tert-OH is 1. The number of nitrogens with zero attached hydrogens (tertiary/aromatic N) is 2. The number of aromatic nitrogens is 2.